The van der Waals surface area contributed by atoms with Gasteiger partial charge >= 0.3 is 0 Å². The maximum Gasteiger partial charge on any atom is 0.253 e. The minimum Gasteiger partial charge on any atom is -0.294 e. The summed E-state index contributed by atoms with van der Waals surface area (Å²) in [6.45, 7) is 4.13. The van der Waals surface area contributed by atoms with Gasteiger partial charge in [-0.3, -0.25) is 4.79 Å². The fourth-order valence-electron chi connectivity index (χ4n) is 2.24. The number of Topliss-reactive ketones (excluding diaryl/α,β-unsaturated/α-hetero) is 1. The van der Waals surface area contributed by atoms with Crippen LogP contribution in [0, 0.1) is 5.92 Å². The van der Waals surface area contributed by atoms with Crippen molar-refractivity contribution in [1.82, 2.24) is 19.6 Å². The van der Waals surface area contributed by atoms with Crippen LogP contribution in [0.2, 0.25) is 0 Å². The predicted molar refractivity (Wildman–Crippen MR) is 69.0 cm³/mol. The Balaban J connectivity index is 2.12. The van der Waals surface area contributed by atoms with Gasteiger partial charge in [-0.2, -0.15) is 4.98 Å². The summed E-state index contributed by atoms with van der Waals surface area (Å²) in [5.41, 5.74) is 1.57. The monoisotopic (exact) mass is 262 g/mol. The Morgan fingerprint density at radius 2 is 2.28 bits per heavy atom. The van der Waals surface area contributed by atoms with E-state index in [2.05, 4.69) is 28.9 Å². The second kappa shape index (κ2) is 4.35. The van der Waals surface area contributed by atoms with E-state index in [1.54, 1.807) is 22.5 Å². The normalized spacial score (nSPS) is 19.2. The van der Waals surface area contributed by atoms with Crippen molar-refractivity contribution in [2.24, 2.45) is 5.92 Å². The maximum atomic E-state index is 12.0. The predicted octanol–water partition coefficient (Wildman–Crippen LogP) is 2.00. The summed E-state index contributed by atoms with van der Waals surface area (Å²) in [6, 6.07) is 0. The number of ketones is 1. The number of nitrogens with zero attached hydrogens (tertiary/aromatic N) is 4. The first kappa shape index (κ1) is 11.6. The van der Waals surface area contributed by atoms with Gasteiger partial charge in [-0.05, 0) is 18.1 Å². The van der Waals surface area contributed by atoms with Crippen molar-refractivity contribution in [3.05, 3.63) is 17.5 Å². The topological polar surface area (TPSA) is 60.1 Å². The Hall–Kier alpha value is -1.43. The molecule has 0 fully saturated rings. The fraction of sp³-hybridized carbons (Fsp3) is 0.500. The van der Waals surface area contributed by atoms with Crippen LogP contribution in [-0.2, 0) is 6.42 Å². The highest BCUT2D eigenvalue weighted by Gasteiger charge is 2.25. The Labute approximate surface area is 109 Å². The van der Waals surface area contributed by atoms with Crippen LogP contribution in [0.25, 0.3) is 5.78 Å². The summed E-state index contributed by atoms with van der Waals surface area (Å²) in [6.07, 6.45) is 3.23. The lowest BCUT2D eigenvalue weighted by Gasteiger charge is -2.18. The first-order valence-electron chi connectivity index (χ1n) is 6.09. The van der Waals surface area contributed by atoms with Crippen LogP contribution < -0.4 is 0 Å². The third kappa shape index (κ3) is 1.90. The zero-order valence-electron chi connectivity index (χ0n) is 10.4. The number of fused-ring (bicyclic) bond motifs is 2. The highest BCUT2D eigenvalue weighted by Crippen LogP contribution is 2.24. The van der Waals surface area contributed by atoms with E-state index in [9.17, 15) is 4.79 Å². The Morgan fingerprint density at radius 3 is 3.06 bits per heavy atom. The SMILES string of the molecule is CCSc1nc2nc3c(cn2n1)C(=O)C[C@H](C)C3. The van der Waals surface area contributed by atoms with Gasteiger partial charge in [0.15, 0.2) is 5.78 Å². The van der Waals surface area contributed by atoms with Gasteiger partial charge in [0.05, 0.1) is 11.3 Å². The van der Waals surface area contributed by atoms with Crippen molar-refractivity contribution < 1.29 is 4.79 Å². The average molecular weight is 262 g/mol. The molecule has 5 nitrogen and oxygen atoms in total. The van der Waals surface area contributed by atoms with Gasteiger partial charge in [0.1, 0.15) is 0 Å². The van der Waals surface area contributed by atoms with Crippen molar-refractivity contribution in [3.63, 3.8) is 0 Å². The van der Waals surface area contributed by atoms with E-state index in [0.717, 1.165) is 17.9 Å². The molecule has 6 heteroatoms. The summed E-state index contributed by atoms with van der Waals surface area (Å²) in [5, 5.41) is 5.03. The second-order valence-electron chi connectivity index (χ2n) is 4.61. The summed E-state index contributed by atoms with van der Waals surface area (Å²) in [5.74, 6) is 2.05. The molecule has 1 aliphatic rings. The highest BCUT2D eigenvalue weighted by atomic mass is 32.2. The molecule has 0 aliphatic heterocycles. The van der Waals surface area contributed by atoms with E-state index in [1.165, 1.54) is 0 Å². The Bertz CT molecular complexity index is 622. The van der Waals surface area contributed by atoms with Crippen LogP contribution in [0.3, 0.4) is 0 Å². The largest absolute Gasteiger partial charge is 0.294 e. The molecule has 0 aromatic carbocycles. The second-order valence-corrected chi connectivity index (χ2v) is 5.84. The molecular weight excluding hydrogens is 248 g/mol. The van der Waals surface area contributed by atoms with Gasteiger partial charge in [0, 0.05) is 12.6 Å². The van der Waals surface area contributed by atoms with Gasteiger partial charge in [-0.25, -0.2) is 9.50 Å². The van der Waals surface area contributed by atoms with Crippen LogP contribution in [0.4, 0.5) is 0 Å². The number of thioether (sulfide) groups is 1. The van der Waals surface area contributed by atoms with Gasteiger partial charge < -0.3 is 0 Å². The first-order valence-corrected chi connectivity index (χ1v) is 7.08. The van der Waals surface area contributed by atoms with Crippen molar-refractivity contribution in [3.8, 4) is 0 Å². The van der Waals surface area contributed by atoms with Crippen molar-refractivity contribution in [2.45, 2.75) is 31.8 Å². The molecular formula is C12H14N4OS. The number of aromatic nitrogens is 4. The Morgan fingerprint density at radius 1 is 1.44 bits per heavy atom. The van der Waals surface area contributed by atoms with E-state index in [1.807, 2.05) is 0 Å². The van der Waals surface area contributed by atoms with Crippen LogP contribution in [0.1, 0.15) is 36.3 Å². The van der Waals surface area contributed by atoms with Gasteiger partial charge in [-0.15, -0.1) is 5.10 Å². The zero-order valence-corrected chi connectivity index (χ0v) is 11.2. The molecule has 1 aliphatic carbocycles. The molecule has 0 amide bonds. The van der Waals surface area contributed by atoms with E-state index in [4.69, 9.17) is 0 Å². The molecule has 94 valence electrons. The number of hydrogen-bond donors (Lipinski definition) is 0. The molecule has 18 heavy (non-hydrogen) atoms. The van der Waals surface area contributed by atoms with E-state index in [0.29, 0.717) is 28.8 Å². The molecule has 3 rings (SSSR count). The lowest BCUT2D eigenvalue weighted by Crippen LogP contribution is -2.20. The molecule has 0 spiro atoms. The minimum atomic E-state index is 0.165. The molecule has 2 aromatic rings. The third-order valence-corrected chi connectivity index (χ3v) is 3.76. The lowest BCUT2D eigenvalue weighted by molar-refractivity contribution is 0.0951. The molecule has 0 saturated carbocycles. The lowest BCUT2D eigenvalue weighted by atomic mass is 9.88. The van der Waals surface area contributed by atoms with Gasteiger partial charge in [0.25, 0.3) is 5.78 Å². The minimum absolute atomic E-state index is 0.165. The highest BCUT2D eigenvalue weighted by molar-refractivity contribution is 7.99. The molecule has 0 unspecified atom stereocenters. The standard InChI is InChI=1S/C12H14N4OS/c1-3-18-12-14-11-13-9-4-7(2)5-10(17)8(9)6-16(11)15-12/h6-7H,3-5H2,1-2H3/t7-/m1/s1. The number of rotatable bonds is 2. The average Bonchev–Trinajstić information content (AvgIpc) is 2.68. The molecule has 2 aromatic heterocycles. The first-order chi connectivity index (χ1) is 8.67. The number of carbonyl (C=O) groups excluding carboxylic acids is 1. The summed E-state index contributed by atoms with van der Waals surface area (Å²) in [4.78, 5) is 20.8. The third-order valence-electron chi connectivity index (χ3n) is 3.04. The van der Waals surface area contributed by atoms with E-state index < -0.39 is 0 Å². The van der Waals surface area contributed by atoms with Crippen LogP contribution in [0.15, 0.2) is 11.4 Å². The number of carbonyl (C=O) groups is 1. The summed E-state index contributed by atoms with van der Waals surface area (Å²) in [7, 11) is 0. The zero-order chi connectivity index (χ0) is 12.7. The van der Waals surface area contributed by atoms with Crippen molar-refractivity contribution in [1.29, 1.82) is 0 Å². The van der Waals surface area contributed by atoms with Crippen LogP contribution >= 0.6 is 11.8 Å². The summed E-state index contributed by atoms with van der Waals surface area (Å²) < 4.78 is 1.62. The van der Waals surface area contributed by atoms with Crippen LogP contribution in [0.5, 0.6) is 0 Å². The molecule has 1 atom stereocenters. The van der Waals surface area contributed by atoms with Crippen molar-refractivity contribution in [2.75, 3.05) is 5.75 Å². The fourth-order valence-corrected chi connectivity index (χ4v) is 2.79. The van der Waals surface area contributed by atoms with E-state index >= 15 is 0 Å². The van der Waals surface area contributed by atoms with Crippen LogP contribution in [-0.4, -0.2) is 31.1 Å². The Kier molecular flexibility index (Phi) is 2.81. The molecule has 0 N–H and O–H groups in total. The number of hydrogen-bond acceptors (Lipinski definition) is 5. The van der Waals surface area contributed by atoms with Crippen molar-refractivity contribution >= 4 is 23.3 Å². The quantitative estimate of drug-likeness (QED) is 0.775. The summed E-state index contributed by atoms with van der Waals surface area (Å²) >= 11 is 1.58. The maximum absolute atomic E-state index is 12.0. The van der Waals surface area contributed by atoms with E-state index in [-0.39, 0.29) is 5.78 Å². The van der Waals surface area contributed by atoms with Gasteiger partial charge in [0.2, 0.25) is 5.16 Å². The van der Waals surface area contributed by atoms with Gasteiger partial charge in [-0.1, -0.05) is 25.6 Å². The molecule has 0 radical (unpaired) electrons. The molecule has 2 heterocycles. The molecule has 0 bridgehead atoms. The smallest absolute Gasteiger partial charge is 0.253 e. The molecule has 0 saturated heterocycles.